The molecule has 3 aromatic rings. The van der Waals surface area contributed by atoms with Gasteiger partial charge in [0.05, 0.1) is 12.2 Å². The molecule has 3 rings (SSSR count). The molecule has 0 N–H and O–H groups in total. The maximum atomic E-state index is 12.6. The molecule has 0 radical (unpaired) electrons. The van der Waals surface area contributed by atoms with Gasteiger partial charge in [-0.25, -0.2) is 9.59 Å². The lowest BCUT2D eigenvalue weighted by Crippen LogP contribution is -2.26. The van der Waals surface area contributed by atoms with Gasteiger partial charge in [0.15, 0.2) is 6.10 Å². The fraction of sp³-hybridized carbons (Fsp3) is 0.444. The molecule has 6 nitrogen and oxygen atoms in total. The van der Waals surface area contributed by atoms with Crippen LogP contribution >= 0.6 is 0 Å². The second kappa shape index (κ2) is 18.7. The standard InChI is InChI=1S/C36H46O6/c1-4-6-8-10-11-13-26-39-28(3)35(37)41-33-22-14-29(15-23-33)30-16-24-34(25-17-30)42-36(38)31-18-20-32(21-19-31)40-27-12-9-7-5-2/h14-25,28H,4-13,26-27H2,1-3H3. The summed E-state index contributed by atoms with van der Waals surface area (Å²) in [6.07, 6.45) is 11.0. The first-order valence-corrected chi connectivity index (χ1v) is 15.5. The molecule has 0 saturated heterocycles. The van der Waals surface area contributed by atoms with Gasteiger partial charge in [-0.15, -0.1) is 0 Å². The average molecular weight is 575 g/mol. The van der Waals surface area contributed by atoms with Crippen LogP contribution < -0.4 is 14.2 Å². The van der Waals surface area contributed by atoms with E-state index < -0.39 is 18.0 Å². The van der Waals surface area contributed by atoms with E-state index in [1.807, 2.05) is 24.3 Å². The van der Waals surface area contributed by atoms with Crippen molar-refractivity contribution in [1.82, 2.24) is 0 Å². The summed E-state index contributed by atoms with van der Waals surface area (Å²) in [6.45, 7) is 7.35. The van der Waals surface area contributed by atoms with E-state index in [-0.39, 0.29) is 0 Å². The van der Waals surface area contributed by atoms with Crippen LogP contribution in [0.25, 0.3) is 11.1 Å². The first-order valence-electron chi connectivity index (χ1n) is 15.5. The van der Waals surface area contributed by atoms with Gasteiger partial charge >= 0.3 is 11.9 Å². The number of unbranched alkanes of at least 4 members (excludes halogenated alkanes) is 8. The lowest BCUT2D eigenvalue weighted by Gasteiger charge is -2.13. The van der Waals surface area contributed by atoms with E-state index in [4.69, 9.17) is 18.9 Å². The normalized spacial score (nSPS) is 11.6. The Bertz CT molecular complexity index is 1190. The molecule has 0 bridgehead atoms. The fourth-order valence-electron chi connectivity index (χ4n) is 4.41. The highest BCUT2D eigenvalue weighted by Gasteiger charge is 2.16. The molecular formula is C36H46O6. The zero-order chi connectivity index (χ0) is 30.0. The summed E-state index contributed by atoms with van der Waals surface area (Å²) in [5.41, 5.74) is 2.36. The Balaban J connectivity index is 1.42. The molecule has 0 fully saturated rings. The average Bonchev–Trinajstić information content (AvgIpc) is 3.01. The summed E-state index contributed by atoms with van der Waals surface area (Å²) in [7, 11) is 0. The van der Waals surface area contributed by atoms with Gasteiger partial charge < -0.3 is 18.9 Å². The number of carbonyl (C=O) groups is 2. The van der Waals surface area contributed by atoms with E-state index in [9.17, 15) is 9.59 Å². The van der Waals surface area contributed by atoms with Crippen LogP contribution in [0.3, 0.4) is 0 Å². The van der Waals surface area contributed by atoms with Crippen molar-refractivity contribution < 1.29 is 28.5 Å². The maximum absolute atomic E-state index is 12.6. The van der Waals surface area contributed by atoms with Crippen LogP contribution in [0, 0.1) is 0 Å². The minimum Gasteiger partial charge on any atom is -0.494 e. The van der Waals surface area contributed by atoms with Crippen LogP contribution in [-0.2, 0) is 9.53 Å². The van der Waals surface area contributed by atoms with Crippen LogP contribution in [0.1, 0.15) is 95.3 Å². The third-order valence-corrected chi connectivity index (χ3v) is 7.03. The van der Waals surface area contributed by atoms with Crippen molar-refractivity contribution in [1.29, 1.82) is 0 Å². The number of esters is 2. The molecule has 0 aliphatic heterocycles. The van der Waals surface area contributed by atoms with Crippen molar-refractivity contribution in [2.45, 2.75) is 91.1 Å². The molecule has 1 unspecified atom stereocenters. The highest BCUT2D eigenvalue weighted by atomic mass is 16.6. The monoisotopic (exact) mass is 574 g/mol. The predicted octanol–water partition coefficient (Wildman–Crippen LogP) is 9.20. The number of rotatable bonds is 19. The molecule has 0 aliphatic rings. The van der Waals surface area contributed by atoms with Crippen molar-refractivity contribution in [3.8, 4) is 28.4 Å². The minimum absolute atomic E-state index is 0.399. The molecule has 6 heteroatoms. The molecule has 0 spiro atoms. The molecular weight excluding hydrogens is 528 g/mol. The summed E-state index contributed by atoms with van der Waals surface area (Å²) in [4.78, 5) is 25.0. The summed E-state index contributed by atoms with van der Waals surface area (Å²) >= 11 is 0. The topological polar surface area (TPSA) is 71.1 Å². The van der Waals surface area contributed by atoms with Crippen molar-refractivity contribution in [3.63, 3.8) is 0 Å². The molecule has 0 aliphatic carbocycles. The Morgan fingerprint density at radius 2 is 1.05 bits per heavy atom. The third kappa shape index (κ3) is 11.7. The number of hydrogen-bond acceptors (Lipinski definition) is 6. The number of benzene rings is 3. The Morgan fingerprint density at radius 3 is 1.64 bits per heavy atom. The minimum atomic E-state index is -0.609. The van der Waals surface area contributed by atoms with E-state index in [1.165, 1.54) is 38.5 Å². The second-order valence-corrected chi connectivity index (χ2v) is 10.6. The zero-order valence-electron chi connectivity index (χ0n) is 25.4. The second-order valence-electron chi connectivity index (χ2n) is 10.6. The van der Waals surface area contributed by atoms with E-state index in [1.54, 1.807) is 55.5 Å². The highest BCUT2D eigenvalue weighted by molar-refractivity contribution is 5.91. The van der Waals surface area contributed by atoms with Gasteiger partial charge in [-0.05, 0) is 79.4 Å². The Morgan fingerprint density at radius 1 is 0.571 bits per heavy atom. The predicted molar refractivity (Wildman–Crippen MR) is 167 cm³/mol. The van der Waals surface area contributed by atoms with Gasteiger partial charge in [-0.3, -0.25) is 0 Å². The molecule has 1 atom stereocenters. The van der Waals surface area contributed by atoms with Crippen LogP contribution in [0.4, 0.5) is 0 Å². The van der Waals surface area contributed by atoms with Gasteiger partial charge in [0.1, 0.15) is 17.2 Å². The summed E-state index contributed by atoms with van der Waals surface area (Å²) in [6, 6.07) is 21.6. The van der Waals surface area contributed by atoms with Crippen LogP contribution in [0.2, 0.25) is 0 Å². The maximum Gasteiger partial charge on any atom is 0.343 e. The van der Waals surface area contributed by atoms with Gasteiger partial charge in [0.25, 0.3) is 0 Å². The highest BCUT2D eigenvalue weighted by Crippen LogP contribution is 2.25. The molecule has 42 heavy (non-hydrogen) atoms. The van der Waals surface area contributed by atoms with Gasteiger partial charge in [0, 0.05) is 6.61 Å². The molecule has 0 amide bonds. The van der Waals surface area contributed by atoms with E-state index in [0.29, 0.717) is 30.3 Å². The Hall–Kier alpha value is -3.64. The Kier molecular flexibility index (Phi) is 14.7. The number of carbonyl (C=O) groups excluding carboxylic acids is 2. The van der Waals surface area contributed by atoms with Crippen LogP contribution in [-0.4, -0.2) is 31.3 Å². The lowest BCUT2D eigenvalue weighted by atomic mass is 10.1. The molecule has 0 aromatic heterocycles. The van der Waals surface area contributed by atoms with Crippen molar-refractivity contribution in [2.75, 3.05) is 13.2 Å². The largest absolute Gasteiger partial charge is 0.494 e. The van der Waals surface area contributed by atoms with Crippen molar-refractivity contribution in [2.24, 2.45) is 0 Å². The quantitative estimate of drug-likeness (QED) is 0.0807. The molecule has 0 heterocycles. The molecule has 3 aromatic carbocycles. The van der Waals surface area contributed by atoms with E-state index in [0.717, 1.165) is 42.6 Å². The van der Waals surface area contributed by atoms with Crippen LogP contribution in [0.15, 0.2) is 72.8 Å². The zero-order valence-corrected chi connectivity index (χ0v) is 25.4. The summed E-state index contributed by atoms with van der Waals surface area (Å²) < 4.78 is 22.4. The SMILES string of the molecule is CCCCCCCCOC(C)C(=O)Oc1ccc(-c2ccc(OC(=O)c3ccc(OCCCCCC)cc3)cc2)cc1. The van der Waals surface area contributed by atoms with Crippen molar-refractivity contribution in [3.05, 3.63) is 78.4 Å². The van der Waals surface area contributed by atoms with E-state index in [2.05, 4.69) is 13.8 Å². The third-order valence-electron chi connectivity index (χ3n) is 7.03. The summed E-state index contributed by atoms with van der Waals surface area (Å²) in [5, 5.41) is 0. The summed E-state index contributed by atoms with van der Waals surface area (Å²) in [5.74, 6) is 0.857. The first kappa shape index (κ1) is 32.9. The van der Waals surface area contributed by atoms with Crippen molar-refractivity contribution >= 4 is 11.9 Å². The number of hydrogen-bond donors (Lipinski definition) is 0. The smallest absolute Gasteiger partial charge is 0.343 e. The molecule has 0 saturated carbocycles. The van der Waals surface area contributed by atoms with Gasteiger partial charge in [-0.1, -0.05) is 89.5 Å². The lowest BCUT2D eigenvalue weighted by molar-refractivity contribution is -0.146. The van der Waals surface area contributed by atoms with Gasteiger partial charge in [0.2, 0.25) is 0 Å². The first-order chi connectivity index (χ1) is 20.5. The van der Waals surface area contributed by atoms with Gasteiger partial charge in [-0.2, -0.15) is 0 Å². The fourth-order valence-corrected chi connectivity index (χ4v) is 4.41. The Labute approximate surface area is 251 Å². The van der Waals surface area contributed by atoms with E-state index >= 15 is 0 Å². The molecule has 226 valence electrons. The number of ether oxygens (including phenoxy) is 4. The van der Waals surface area contributed by atoms with Crippen LogP contribution in [0.5, 0.6) is 17.2 Å².